The zero-order valence-corrected chi connectivity index (χ0v) is 22.4. The lowest BCUT2D eigenvalue weighted by Crippen LogP contribution is -2.54. The number of aliphatic hydroxyl groups is 1. The van der Waals surface area contributed by atoms with Gasteiger partial charge in [-0.2, -0.15) is 0 Å². The number of likely N-dealkylation sites (tertiary alicyclic amines) is 1. The van der Waals surface area contributed by atoms with Gasteiger partial charge in [-0.25, -0.2) is 4.79 Å². The highest BCUT2D eigenvalue weighted by Gasteiger charge is 2.55. The Bertz CT molecular complexity index is 1370. The van der Waals surface area contributed by atoms with Gasteiger partial charge in [0.25, 0.3) is 0 Å². The van der Waals surface area contributed by atoms with E-state index in [1.807, 2.05) is 64.1 Å². The van der Waals surface area contributed by atoms with E-state index in [2.05, 4.69) is 13.0 Å². The number of ether oxygens (including phenoxy) is 2. The predicted molar refractivity (Wildman–Crippen MR) is 144 cm³/mol. The number of rotatable bonds is 5. The van der Waals surface area contributed by atoms with Crippen LogP contribution in [0.5, 0.6) is 11.5 Å². The summed E-state index contributed by atoms with van der Waals surface area (Å²) in [5, 5.41) is 12.2. The van der Waals surface area contributed by atoms with Gasteiger partial charge in [0.05, 0.1) is 26.3 Å². The number of carbonyl (C=O) groups is 1. The van der Waals surface area contributed by atoms with Gasteiger partial charge in [-0.15, -0.1) is 0 Å². The molecule has 1 spiro atoms. The molecular weight excluding hydrogens is 482 g/mol. The third-order valence-electron chi connectivity index (χ3n) is 8.58. The molecule has 2 fully saturated rings. The Kier molecular flexibility index (Phi) is 6.12. The number of piperidine rings is 1. The van der Waals surface area contributed by atoms with Gasteiger partial charge in [0.1, 0.15) is 22.8 Å². The number of likely N-dealkylation sites (N-methyl/N-ethyl adjacent to an activating group) is 1. The maximum Gasteiger partial charge on any atom is 0.325 e. The monoisotopic (exact) mass is 517 g/mol. The summed E-state index contributed by atoms with van der Waals surface area (Å²) in [6, 6.07) is 13.7. The van der Waals surface area contributed by atoms with Gasteiger partial charge in [-0.05, 0) is 43.5 Å². The number of methoxy groups -OCH3 is 2. The lowest BCUT2D eigenvalue weighted by Gasteiger charge is -2.45. The number of allylic oxidation sites excluding steroid dienone is 1. The fraction of sp³-hybridized carbons (Fsp3) is 0.433. The summed E-state index contributed by atoms with van der Waals surface area (Å²) in [5.41, 5.74) is 3.56. The molecular formula is C30H35N3O5. The summed E-state index contributed by atoms with van der Waals surface area (Å²) >= 11 is 0. The molecule has 2 amide bonds. The Morgan fingerprint density at radius 2 is 1.89 bits per heavy atom. The van der Waals surface area contributed by atoms with Gasteiger partial charge < -0.3 is 23.9 Å². The van der Waals surface area contributed by atoms with Crippen LogP contribution in [0.4, 0.5) is 4.79 Å². The molecule has 200 valence electrons. The highest BCUT2D eigenvalue weighted by atomic mass is 16.5. The lowest BCUT2D eigenvalue weighted by atomic mass is 9.82. The fourth-order valence-corrected chi connectivity index (χ4v) is 6.71. The number of nitrogens with zero attached hydrogens (tertiary/aromatic N) is 3. The molecule has 3 aliphatic rings. The average molecular weight is 518 g/mol. The van der Waals surface area contributed by atoms with E-state index in [9.17, 15) is 9.90 Å². The molecule has 0 aliphatic carbocycles. The molecule has 2 aromatic carbocycles. The number of furan rings is 1. The average Bonchev–Trinajstić information content (AvgIpc) is 3.40. The highest BCUT2D eigenvalue weighted by molar-refractivity contribution is 5.83. The van der Waals surface area contributed by atoms with Crippen molar-refractivity contribution in [3.63, 3.8) is 0 Å². The van der Waals surface area contributed by atoms with E-state index < -0.39 is 11.8 Å². The van der Waals surface area contributed by atoms with Gasteiger partial charge in [0, 0.05) is 48.3 Å². The van der Waals surface area contributed by atoms with E-state index in [-0.39, 0.29) is 11.9 Å². The minimum atomic E-state index is -0.828. The van der Waals surface area contributed by atoms with Gasteiger partial charge in [0.15, 0.2) is 6.23 Å². The molecule has 2 atom stereocenters. The molecule has 0 bridgehead atoms. The molecule has 1 aromatic heterocycles. The number of benzene rings is 2. The van der Waals surface area contributed by atoms with Gasteiger partial charge in [0.2, 0.25) is 0 Å². The van der Waals surface area contributed by atoms with Gasteiger partial charge in [-0.3, -0.25) is 9.80 Å². The number of amides is 2. The first kappa shape index (κ1) is 24.8. The number of para-hydroxylation sites is 1. The van der Waals surface area contributed by atoms with E-state index in [4.69, 9.17) is 13.9 Å². The largest absolute Gasteiger partial charge is 0.497 e. The number of fused-ring (bicyclic) bond motifs is 4. The van der Waals surface area contributed by atoms with Crippen molar-refractivity contribution in [3.05, 3.63) is 71.1 Å². The molecule has 3 aliphatic heterocycles. The molecule has 0 radical (unpaired) electrons. The smallest absolute Gasteiger partial charge is 0.325 e. The fourth-order valence-electron chi connectivity index (χ4n) is 6.71. The first-order valence-electron chi connectivity index (χ1n) is 13.4. The predicted octanol–water partition coefficient (Wildman–Crippen LogP) is 5.23. The lowest BCUT2D eigenvalue weighted by molar-refractivity contribution is -0.0439. The maximum atomic E-state index is 13.8. The van der Waals surface area contributed by atoms with Crippen LogP contribution in [0.15, 0.2) is 58.7 Å². The molecule has 8 heteroatoms. The van der Waals surface area contributed by atoms with Crippen molar-refractivity contribution in [1.29, 1.82) is 0 Å². The summed E-state index contributed by atoms with van der Waals surface area (Å²) in [4.78, 5) is 19.8. The van der Waals surface area contributed by atoms with Crippen molar-refractivity contribution in [2.75, 3.05) is 33.9 Å². The standard InChI is InChI=1S/C30H35N3O5/c1-5-33-29(35)32-18-21-15-22(36-3)17-24(37-4)27(21)19(2)14-26(32)30(33)10-12-31(13-11-30)28(34)25-16-20-8-6-7-9-23(20)38-25/h6-9,14-17,19,28,34H,5,10-13,18H2,1-4H3. The zero-order chi connectivity index (χ0) is 26.6. The molecule has 2 unspecified atom stereocenters. The summed E-state index contributed by atoms with van der Waals surface area (Å²) in [6.45, 7) is 6.60. The van der Waals surface area contributed by atoms with Crippen molar-refractivity contribution in [1.82, 2.24) is 14.7 Å². The number of aliphatic hydroxyl groups excluding tert-OH is 1. The Morgan fingerprint density at radius 1 is 1.13 bits per heavy atom. The van der Waals surface area contributed by atoms with Crippen molar-refractivity contribution >= 4 is 17.0 Å². The van der Waals surface area contributed by atoms with E-state index in [0.717, 1.165) is 52.1 Å². The Hall–Kier alpha value is -3.49. The third kappa shape index (κ3) is 3.69. The molecule has 8 nitrogen and oxygen atoms in total. The van der Waals surface area contributed by atoms with Gasteiger partial charge in [-0.1, -0.05) is 31.2 Å². The number of carbonyl (C=O) groups excluding carboxylic acids is 1. The third-order valence-corrected chi connectivity index (χ3v) is 8.58. The number of hydrogen-bond donors (Lipinski definition) is 1. The van der Waals surface area contributed by atoms with Crippen LogP contribution in [0.1, 0.15) is 55.7 Å². The molecule has 1 N–H and O–H groups in total. The van der Waals surface area contributed by atoms with E-state index in [1.54, 1.807) is 14.2 Å². The first-order valence-corrected chi connectivity index (χ1v) is 13.4. The molecule has 38 heavy (non-hydrogen) atoms. The summed E-state index contributed by atoms with van der Waals surface area (Å²) in [5.74, 6) is 2.12. The molecule has 4 heterocycles. The summed E-state index contributed by atoms with van der Waals surface area (Å²) in [7, 11) is 3.32. The molecule has 3 aromatic rings. The number of urea groups is 1. The summed E-state index contributed by atoms with van der Waals surface area (Å²) < 4.78 is 17.2. The second-order valence-corrected chi connectivity index (χ2v) is 10.5. The van der Waals surface area contributed by atoms with E-state index in [0.29, 0.717) is 31.9 Å². The highest BCUT2D eigenvalue weighted by Crippen LogP contribution is 2.49. The molecule has 0 saturated carbocycles. The van der Waals surface area contributed by atoms with Crippen LogP contribution in [0.3, 0.4) is 0 Å². The van der Waals surface area contributed by atoms with Gasteiger partial charge >= 0.3 is 6.03 Å². The van der Waals surface area contributed by atoms with Crippen molar-refractivity contribution in [3.8, 4) is 11.5 Å². The van der Waals surface area contributed by atoms with Crippen LogP contribution >= 0.6 is 0 Å². The zero-order valence-electron chi connectivity index (χ0n) is 22.4. The topological polar surface area (TPSA) is 78.6 Å². The Labute approximate surface area is 223 Å². The minimum absolute atomic E-state index is 0.0341. The van der Waals surface area contributed by atoms with Crippen LogP contribution in [0.2, 0.25) is 0 Å². The van der Waals surface area contributed by atoms with Crippen molar-refractivity contribution < 1.29 is 23.8 Å². The SMILES string of the molecule is CCN1C(=O)N2Cc3cc(OC)cc(OC)c3C(C)C=C2C12CCN(C(O)c1cc3ccccc3o1)CC2. The van der Waals surface area contributed by atoms with Crippen LogP contribution < -0.4 is 9.47 Å². The van der Waals surface area contributed by atoms with E-state index in [1.165, 1.54) is 0 Å². The molecule has 2 saturated heterocycles. The normalized spacial score (nSPS) is 21.8. The maximum absolute atomic E-state index is 13.8. The van der Waals surface area contributed by atoms with Crippen LogP contribution in [0.25, 0.3) is 11.0 Å². The molecule has 6 rings (SSSR count). The number of hydrogen-bond acceptors (Lipinski definition) is 6. The van der Waals surface area contributed by atoms with E-state index >= 15 is 0 Å². The van der Waals surface area contributed by atoms with Crippen LogP contribution in [-0.4, -0.2) is 65.2 Å². The summed E-state index contributed by atoms with van der Waals surface area (Å²) in [6.07, 6.45) is 2.89. The second kappa shape index (κ2) is 9.36. The quantitative estimate of drug-likeness (QED) is 0.499. The first-order chi connectivity index (χ1) is 18.4. The van der Waals surface area contributed by atoms with Crippen molar-refractivity contribution in [2.24, 2.45) is 0 Å². The Morgan fingerprint density at radius 3 is 2.58 bits per heavy atom. The Balaban J connectivity index is 1.31. The van der Waals surface area contributed by atoms with Crippen molar-refractivity contribution in [2.45, 2.75) is 50.9 Å². The van der Waals surface area contributed by atoms with Crippen LogP contribution in [-0.2, 0) is 6.54 Å². The second-order valence-electron chi connectivity index (χ2n) is 10.5. The minimum Gasteiger partial charge on any atom is -0.497 e. The van der Waals surface area contributed by atoms with Crippen LogP contribution in [0, 0.1) is 0 Å².